The van der Waals surface area contributed by atoms with Crippen molar-refractivity contribution in [2.75, 3.05) is 25.2 Å². The zero-order valence-electron chi connectivity index (χ0n) is 20.5. The fourth-order valence-corrected chi connectivity index (χ4v) is 4.36. The molecule has 3 aromatic carbocycles. The van der Waals surface area contributed by atoms with E-state index in [4.69, 9.17) is 32.7 Å². The van der Waals surface area contributed by atoms with Crippen LogP contribution in [0.15, 0.2) is 66.7 Å². The third kappa shape index (κ3) is 6.63. The minimum Gasteiger partial charge on any atom is -0.465 e. The first kappa shape index (κ1) is 27.8. The fourth-order valence-electron chi connectivity index (χ4n) is 3.87. The van der Waals surface area contributed by atoms with E-state index in [2.05, 4.69) is 4.74 Å². The first-order chi connectivity index (χ1) is 18.7. The summed E-state index contributed by atoms with van der Waals surface area (Å²) < 4.78 is 15.1. The van der Waals surface area contributed by atoms with Crippen molar-refractivity contribution in [3.8, 4) is 5.75 Å². The number of hydrogen-bond acceptors (Lipinski definition) is 8. The molecule has 200 valence electrons. The van der Waals surface area contributed by atoms with Gasteiger partial charge >= 0.3 is 17.9 Å². The number of methoxy groups -OCH3 is 1. The van der Waals surface area contributed by atoms with E-state index >= 15 is 0 Å². The molecule has 39 heavy (non-hydrogen) atoms. The van der Waals surface area contributed by atoms with Crippen LogP contribution in [0, 0.1) is 5.92 Å². The molecule has 1 aliphatic heterocycles. The van der Waals surface area contributed by atoms with E-state index in [1.165, 1.54) is 66.6 Å². The van der Waals surface area contributed by atoms with Crippen LogP contribution in [0.2, 0.25) is 10.0 Å². The molecule has 0 spiro atoms. The highest BCUT2D eigenvalue weighted by Gasteiger charge is 2.36. The summed E-state index contributed by atoms with van der Waals surface area (Å²) in [5, 5.41) is 0.522. The van der Waals surface area contributed by atoms with E-state index in [1.807, 2.05) is 0 Å². The monoisotopic (exact) mass is 569 g/mol. The smallest absolute Gasteiger partial charge is 0.345 e. The fraction of sp³-hybridized carbons (Fsp3) is 0.179. The third-order valence-corrected chi connectivity index (χ3v) is 6.49. The summed E-state index contributed by atoms with van der Waals surface area (Å²) in [5.74, 6) is -3.17. The van der Waals surface area contributed by atoms with Crippen LogP contribution >= 0.6 is 23.2 Å². The van der Waals surface area contributed by atoms with Gasteiger partial charge in [0.2, 0.25) is 5.91 Å². The topological polar surface area (TPSA) is 116 Å². The maximum absolute atomic E-state index is 12.6. The van der Waals surface area contributed by atoms with Crippen molar-refractivity contribution >= 4 is 58.5 Å². The van der Waals surface area contributed by atoms with Crippen molar-refractivity contribution in [3.05, 3.63) is 93.5 Å². The van der Waals surface area contributed by atoms with E-state index in [1.54, 1.807) is 12.1 Å². The van der Waals surface area contributed by atoms with Crippen LogP contribution in [0.3, 0.4) is 0 Å². The number of esters is 3. The molecule has 4 rings (SSSR count). The molecule has 1 fully saturated rings. The molecule has 0 N–H and O–H groups in total. The van der Waals surface area contributed by atoms with Crippen LogP contribution < -0.4 is 9.64 Å². The second kappa shape index (κ2) is 12.1. The Morgan fingerprint density at radius 1 is 0.897 bits per heavy atom. The largest absolute Gasteiger partial charge is 0.465 e. The summed E-state index contributed by atoms with van der Waals surface area (Å²) >= 11 is 11.9. The Balaban J connectivity index is 1.29. The van der Waals surface area contributed by atoms with Gasteiger partial charge in [-0.15, -0.1) is 0 Å². The number of Topliss-reactive ketones (excluding diaryl/α,β-unsaturated/α-hetero) is 1. The molecule has 1 saturated heterocycles. The minimum absolute atomic E-state index is 0.0660. The molecule has 0 aromatic heterocycles. The van der Waals surface area contributed by atoms with Gasteiger partial charge in [-0.1, -0.05) is 23.2 Å². The average Bonchev–Trinajstić information content (AvgIpc) is 3.33. The quantitative estimate of drug-likeness (QED) is 0.216. The molecule has 0 bridgehead atoms. The van der Waals surface area contributed by atoms with Gasteiger partial charge in [0.25, 0.3) is 0 Å². The second-order valence-corrected chi connectivity index (χ2v) is 9.36. The van der Waals surface area contributed by atoms with Crippen LogP contribution in [0.25, 0.3) is 0 Å². The van der Waals surface area contributed by atoms with Gasteiger partial charge in [-0.25, -0.2) is 9.59 Å². The zero-order valence-corrected chi connectivity index (χ0v) is 22.0. The molecule has 0 radical (unpaired) electrons. The van der Waals surface area contributed by atoms with E-state index < -0.39 is 36.2 Å². The highest BCUT2D eigenvalue weighted by molar-refractivity contribution is 6.36. The molecule has 1 heterocycles. The minimum atomic E-state index is -0.743. The number of halogens is 2. The second-order valence-electron chi connectivity index (χ2n) is 8.51. The molecule has 1 amide bonds. The lowest BCUT2D eigenvalue weighted by Crippen LogP contribution is -2.27. The van der Waals surface area contributed by atoms with Crippen LogP contribution in [0.5, 0.6) is 5.75 Å². The lowest BCUT2D eigenvalue weighted by molar-refractivity contribution is -0.147. The lowest BCUT2D eigenvalue weighted by Gasteiger charge is -2.16. The molecular weight excluding hydrogens is 549 g/mol. The number of hydrogen-bond donors (Lipinski definition) is 0. The Morgan fingerprint density at radius 2 is 1.56 bits per heavy atom. The third-order valence-electron chi connectivity index (χ3n) is 5.94. The van der Waals surface area contributed by atoms with Gasteiger partial charge in [-0.05, 0) is 66.7 Å². The Bertz CT molecular complexity index is 1440. The van der Waals surface area contributed by atoms with Crippen molar-refractivity contribution in [1.29, 1.82) is 0 Å². The SMILES string of the molecule is COC(=O)c1ccc(N2C[C@H](C(=O)OCC(=O)c3ccc(OC(=O)c4ccc(Cl)cc4Cl)cc3)CC2=O)cc1. The summed E-state index contributed by atoms with van der Waals surface area (Å²) in [6.45, 7) is -0.433. The van der Waals surface area contributed by atoms with E-state index in [-0.39, 0.29) is 40.8 Å². The Hall–Kier alpha value is -4.21. The molecule has 0 aliphatic carbocycles. The van der Waals surface area contributed by atoms with Gasteiger partial charge in [-0.3, -0.25) is 14.4 Å². The Morgan fingerprint density at radius 3 is 2.21 bits per heavy atom. The molecule has 1 atom stereocenters. The van der Waals surface area contributed by atoms with E-state index in [0.29, 0.717) is 16.3 Å². The van der Waals surface area contributed by atoms with E-state index in [0.717, 1.165) is 0 Å². The Kier molecular flexibility index (Phi) is 8.63. The molecule has 9 nitrogen and oxygen atoms in total. The van der Waals surface area contributed by atoms with Crippen molar-refractivity contribution in [2.45, 2.75) is 6.42 Å². The molecule has 0 unspecified atom stereocenters. The van der Waals surface area contributed by atoms with Gasteiger partial charge in [0.05, 0.1) is 29.2 Å². The van der Waals surface area contributed by atoms with Gasteiger partial charge in [0.1, 0.15) is 5.75 Å². The number of carbonyl (C=O) groups is 5. The number of benzene rings is 3. The van der Waals surface area contributed by atoms with Crippen LogP contribution in [0.4, 0.5) is 5.69 Å². The highest BCUT2D eigenvalue weighted by Crippen LogP contribution is 2.27. The molecular formula is C28H21Cl2NO8. The summed E-state index contributed by atoms with van der Waals surface area (Å²) in [5.41, 5.74) is 1.23. The standard InChI is InChI=1S/C28H21Cl2NO8/c1-37-26(34)17-2-7-20(8-3-17)31-14-18(12-25(31)33)27(35)38-15-24(32)16-4-9-21(10-5-16)39-28(36)22-11-6-19(29)13-23(22)30/h2-11,13,18H,12,14-15H2,1H3/t18-/m1/s1. The maximum Gasteiger partial charge on any atom is 0.345 e. The van der Waals surface area contributed by atoms with Crippen LogP contribution in [-0.2, 0) is 19.1 Å². The van der Waals surface area contributed by atoms with Crippen molar-refractivity contribution in [3.63, 3.8) is 0 Å². The highest BCUT2D eigenvalue weighted by atomic mass is 35.5. The van der Waals surface area contributed by atoms with Gasteiger partial charge < -0.3 is 19.1 Å². The zero-order chi connectivity index (χ0) is 28.1. The van der Waals surface area contributed by atoms with Gasteiger partial charge in [0, 0.05) is 29.2 Å². The van der Waals surface area contributed by atoms with E-state index in [9.17, 15) is 24.0 Å². The molecule has 11 heteroatoms. The number of nitrogens with zero attached hydrogens (tertiary/aromatic N) is 1. The van der Waals surface area contributed by atoms with Crippen LogP contribution in [-0.4, -0.2) is 49.9 Å². The number of amides is 1. The maximum atomic E-state index is 12.6. The molecule has 3 aromatic rings. The first-order valence-electron chi connectivity index (χ1n) is 11.6. The van der Waals surface area contributed by atoms with Gasteiger partial charge in [-0.2, -0.15) is 0 Å². The number of carbonyl (C=O) groups excluding carboxylic acids is 5. The summed E-state index contributed by atoms with van der Waals surface area (Å²) in [6.07, 6.45) is -0.0660. The van der Waals surface area contributed by atoms with Crippen LogP contribution in [0.1, 0.15) is 37.5 Å². The predicted octanol–water partition coefficient (Wildman–Crippen LogP) is 4.78. The molecule has 0 saturated carbocycles. The Labute approximate surface area is 233 Å². The summed E-state index contributed by atoms with van der Waals surface area (Å²) in [6, 6.07) is 16.3. The number of ketones is 1. The predicted molar refractivity (Wildman–Crippen MR) is 141 cm³/mol. The number of rotatable bonds is 8. The van der Waals surface area contributed by atoms with Gasteiger partial charge in [0.15, 0.2) is 12.4 Å². The van der Waals surface area contributed by atoms with Crippen molar-refractivity contribution < 1.29 is 38.2 Å². The normalized spacial score (nSPS) is 14.6. The summed E-state index contributed by atoms with van der Waals surface area (Å²) in [7, 11) is 1.27. The first-order valence-corrected chi connectivity index (χ1v) is 12.4. The van der Waals surface area contributed by atoms with Crippen molar-refractivity contribution in [1.82, 2.24) is 0 Å². The average molecular weight is 570 g/mol. The van der Waals surface area contributed by atoms with Crippen molar-refractivity contribution in [2.24, 2.45) is 5.92 Å². The number of ether oxygens (including phenoxy) is 3. The molecule has 1 aliphatic rings. The lowest BCUT2D eigenvalue weighted by atomic mass is 10.1. The number of anilines is 1. The summed E-state index contributed by atoms with van der Waals surface area (Å²) in [4.78, 5) is 62.9.